The molecule has 1 N–H and O–H groups in total. The first-order valence-corrected chi connectivity index (χ1v) is 8.04. The van der Waals surface area contributed by atoms with Crippen LogP contribution in [0.4, 0.5) is 4.39 Å². The Hall–Kier alpha value is -0.940. The van der Waals surface area contributed by atoms with Gasteiger partial charge in [0.2, 0.25) is 0 Å². The van der Waals surface area contributed by atoms with Crippen molar-refractivity contribution in [3.63, 3.8) is 0 Å². The topological polar surface area (TPSA) is 46.2 Å². The summed E-state index contributed by atoms with van der Waals surface area (Å²) < 4.78 is 36.0. The van der Waals surface area contributed by atoms with Gasteiger partial charge in [0, 0.05) is 12.1 Å². The summed E-state index contributed by atoms with van der Waals surface area (Å²) in [7, 11) is -2.88. The maximum atomic E-state index is 13.2. The molecular formula is C13H18FNO2S. The highest BCUT2D eigenvalue weighted by Crippen LogP contribution is 2.21. The molecule has 0 bridgehead atoms. The average Bonchev–Trinajstić information content (AvgIpc) is 2.65. The third-order valence-electron chi connectivity index (χ3n) is 3.33. The fourth-order valence-electron chi connectivity index (χ4n) is 2.38. The van der Waals surface area contributed by atoms with Crippen molar-refractivity contribution < 1.29 is 12.8 Å². The summed E-state index contributed by atoms with van der Waals surface area (Å²) in [4.78, 5) is 0. The van der Waals surface area contributed by atoms with Crippen LogP contribution in [0.1, 0.15) is 31.4 Å². The van der Waals surface area contributed by atoms with E-state index < -0.39 is 9.84 Å². The van der Waals surface area contributed by atoms with Crippen molar-refractivity contribution in [2.45, 2.75) is 31.8 Å². The number of rotatable bonds is 4. The summed E-state index contributed by atoms with van der Waals surface area (Å²) in [6.07, 6.45) is 1.45. The van der Waals surface area contributed by atoms with Crippen LogP contribution in [0.2, 0.25) is 0 Å². The first-order valence-electron chi connectivity index (χ1n) is 6.22. The summed E-state index contributed by atoms with van der Waals surface area (Å²) in [5.41, 5.74) is 0.877. The van der Waals surface area contributed by atoms with Crippen LogP contribution in [0.25, 0.3) is 0 Å². The molecule has 1 fully saturated rings. The lowest BCUT2D eigenvalue weighted by Crippen LogP contribution is -2.33. The van der Waals surface area contributed by atoms with Crippen molar-refractivity contribution in [1.29, 1.82) is 0 Å². The first kappa shape index (κ1) is 13.5. The molecule has 1 saturated heterocycles. The zero-order valence-electron chi connectivity index (χ0n) is 10.4. The molecule has 0 aliphatic carbocycles. The van der Waals surface area contributed by atoms with Crippen molar-refractivity contribution in [3.8, 4) is 0 Å². The summed E-state index contributed by atoms with van der Waals surface area (Å²) in [5.74, 6) is 0.190. The Labute approximate surface area is 107 Å². The summed E-state index contributed by atoms with van der Waals surface area (Å²) >= 11 is 0. The van der Waals surface area contributed by atoms with E-state index in [1.165, 1.54) is 12.1 Å². The molecule has 1 aromatic rings. The third kappa shape index (κ3) is 3.29. The Morgan fingerprint density at radius 2 is 2.28 bits per heavy atom. The maximum absolute atomic E-state index is 13.2. The van der Waals surface area contributed by atoms with Crippen molar-refractivity contribution in [2.75, 3.05) is 11.5 Å². The van der Waals surface area contributed by atoms with Crippen LogP contribution >= 0.6 is 0 Å². The van der Waals surface area contributed by atoms with Gasteiger partial charge in [-0.25, -0.2) is 12.8 Å². The minimum absolute atomic E-state index is 0.0109. The summed E-state index contributed by atoms with van der Waals surface area (Å²) in [6.45, 7) is 2.01. The molecule has 1 heterocycles. The van der Waals surface area contributed by atoms with Crippen LogP contribution in [0.3, 0.4) is 0 Å². The van der Waals surface area contributed by atoms with E-state index in [4.69, 9.17) is 0 Å². The molecule has 0 saturated carbocycles. The number of halogens is 1. The predicted octanol–water partition coefficient (Wildman–Crippen LogP) is 2.05. The number of nitrogens with one attached hydrogen (secondary N) is 1. The average molecular weight is 271 g/mol. The highest BCUT2D eigenvalue weighted by Gasteiger charge is 2.29. The normalized spacial score (nSPS) is 24.0. The largest absolute Gasteiger partial charge is 0.306 e. The van der Waals surface area contributed by atoms with Gasteiger partial charge in [-0.15, -0.1) is 0 Å². The minimum Gasteiger partial charge on any atom is -0.306 e. The van der Waals surface area contributed by atoms with Crippen molar-refractivity contribution in [2.24, 2.45) is 0 Å². The lowest BCUT2D eigenvalue weighted by Gasteiger charge is -2.21. The second-order valence-electron chi connectivity index (χ2n) is 4.78. The fraction of sp³-hybridized carbons (Fsp3) is 0.538. The maximum Gasteiger partial charge on any atom is 0.151 e. The van der Waals surface area contributed by atoms with E-state index in [-0.39, 0.29) is 29.4 Å². The van der Waals surface area contributed by atoms with E-state index >= 15 is 0 Å². The van der Waals surface area contributed by atoms with Crippen molar-refractivity contribution >= 4 is 9.84 Å². The Morgan fingerprint density at radius 3 is 2.83 bits per heavy atom. The monoisotopic (exact) mass is 271 g/mol. The third-order valence-corrected chi connectivity index (χ3v) is 5.10. The quantitative estimate of drug-likeness (QED) is 0.911. The van der Waals surface area contributed by atoms with Gasteiger partial charge in [0.15, 0.2) is 9.84 Å². The van der Waals surface area contributed by atoms with Gasteiger partial charge in [-0.2, -0.15) is 0 Å². The van der Waals surface area contributed by atoms with E-state index in [9.17, 15) is 12.8 Å². The van der Waals surface area contributed by atoms with Crippen LogP contribution in [-0.4, -0.2) is 26.0 Å². The molecule has 2 rings (SSSR count). The second-order valence-corrected chi connectivity index (χ2v) is 7.01. The van der Waals surface area contributed by atoms with Crippen LogP contribution in [0, 0.1) is 5.82 Å². The minimum atomic E-state index is -2.88. The standard InChI is InChI=1S/C13H18FNO2S/c1-2-13(10-4-3-5-11(14)8-10)15-12-6-7-18(16,17)9-12/h3-5,8,12-13,15H,2,6-7,9H2,1H3. The number of benzene rings is 1. The van der Waals surface area contributed by atoms with Gasteiger partial charge in [0.25, 0.3) is 0 Å². The zero-order chi connectivity index (χ0) is 13.2. The van der Waals surface area contributed by atoms with Gasteiger partial charge in [-0.3, -0.25) is 0 Å². The summed E-state index contributed by atoms with van der Waals surface area (Å²) in [5, 5.41) is 3.32. The molecule has 2 unspecified atom stereocenters. The van der Waals surface area contributed by atoms with Gasteiger partial charge in [0.1, 0.15) is 5.82 Å². The van der Waals surface area contributed by atoms with E-state index in [0.717, 1.165) is 12.0 Å². The molecule has 0 aromatic heterocycles. The number of hydrogen-bond donors (Lipinski definition) is 1. The van der Waals surface area contributed by atoms with Crippen LogP contribution in [-0.2, 0) is 9.84 Å². The molecular weight excluding hydrogens is 253 g/mol. The Bertz CT molecular complexity index is 515. The molecule has 0 radical (unpaired) electrons. The van der Waals surface area contributed by atoms with Crippen LogP contribution in [0.5, 0.6) is 0 Å². The van der Waals surface area contributed by atoms with E-state index in [1.807, 2.05) is 13.0 Å². The van der Waals surface area contributed by atoms with Crippen molar-refractivity contribution in [1.82, 2.24) is 5.32 Å². The highest BCUT2D eigenvalue weighted by molar-refractivity contribution is 7.91. The van der Waals surface area contributed by atoms with Gasteiger partial charge in [-0.1, -0.05) is 19.1 Å². The van der Waals surface area contributed by atoms with Crippen molar-refractivity contribution in [3.05, 3.63) is 35.6 Å². The fourth-order valence-corrected chi connectivity index (χ4v) is 4.07. The van der Waals surface area contributed by atoms with E-state index in [0.29, 0.717) is 6.42 Å². The first-order chi connectivity index (χ1) is 8.50. The van der Waals surface area contributed by atoms with Gasteiger partial charge >= 0.3 is 0 Å². The predicted molar refractivity (Wildman–Crippen MR) is 69.6 cm³/mol. The molecule has 1 aliphatic rings. The molecule has 3 nitrogen and oxygen atoms in total. The Balaban J connectivity index is 2.06. The van der Waals surface area contributed by atoms with Crippen LogP contribution < -0.4 is 5.32 Å². The Morgan fingerprint density at radius 1 is 1.50 bits per heavy atom. The molecule has 0 spiro atoms. The highest BCUT2D eigenvalue weighted by atomic mass is 32.2. The molecule has 2 atom stereocenters. The molecule has 5 heteroatoms. The molecule has 18 heavy (non-hydrogen) atoms. The lowest BCUT2D eigenvalue weighted by atomic mass is 10.0. The lowest BCUT2D eigenvalue weighted by molar-refractivity contribution is 0.448. The smallest absolute Gasteiger partial charge is 0.151 e. The van der Waals surface area contributed by atoms with Crippen LogP contribution in [0.15, 0.2) is 24.3 Å². The summed E-state index contributed by atoms with van der Waals surface area (Å²) in [6, 6.07) is 6.47. The second kappa shape index (κ2) is 5.36. The number of sulfone groups is 1. The SMILES string of the molecule is CCC(NC1CCS(=O)(=O)C1)c1cccc(F)c1. The van der Waals surface area contributed by atoms with E-state index in [1.54, 1.807) is 6.07 Å². The van der Waals surface area contributed by atoms with Gasteiger partial charge in [0.05, 0.1) is 11.5 Å². The number of hydrogen-bond acceptors (Lipinski definition) is 3. The molecule has 1 aromatic carbocycles. The van der Waals surface area contributed by atoms with Gasteiger partial charge in [-0.05, 0) is 30.5 Å². The van der Waals surface area contributed by atoms with Gasteiger partial charge < -0.3 is 5.32 Å². The molecule has 0 amide bonds. The molecule has 1 aliphatic heterocycles. The van der Waals surface area contributed by atoms with E-state index in [2.05, 4.69) is 5.32 Å². The zero-order valence-corrected chi connectivity index (χ0v) is 11.2. The molecule has 100 valence electrons. The Kier molecular flexibility index (Phi) is 4.02.